The van der Waals surface area contributed by atoms with Crippen LogP contribution in [0.5, 0.6) is 0 Å². The lowest BCUT2D eigenvalue weighted by atomic mass is 10.1. The standard InChI is InChI=1S/C8H9ClO2S.C5H12N2/c1-7(12(9,10)11)8-5-3-2-4-6-8;6-5-2-1-3-7-4-5/h2-7H,1H3;5,7H,1-4,6H2. The van der Waals surface area contributed by atoms with Crippen LogP contribution >= 0.6 is 10.7 Å². The van der Waals surface area contributed by atoms with Gasteiger partial charge in [-0.1, -0.05) is 30.3 Å². The Bertz CT molecular complexity index is 459. The SMILES string of the molecule is CC(c1ccccc1)S(=O)(=O)Cl.NC1CCCNC1. The van der Waals surface area contributed by atoms with Crippen molar-refractivity contribution in [3.05, 3.63) is 35.9 Å². The fourth-order valence-corrected chi connectivity index (χ4v) is 2.56. The van der Waals surface area contributed by atoms with E-state index >= 15 is 0 Å². The van der Waals surface area contributed by atoms with E-state index in [4.69, 9.17) is 16.4 Å². The number of rotatable bonds is 2. The molecule has 0 bridgehead atoms. The molecule has 2 rings (SSSR count). The van der Waals surface area contributed by atoms with Gasteiger partial charge in [-0.05, 0) is 31.9 Å². The molecule has 2 unspecified atom stereocenters. The molecular weight excluding hydrogens is 284 g/mol. The zero-order valence-corrected chi connectivity index (χ0v) is 12.6. The van der Waals surface area contributed by atoms with Crippen LogP contribution in [-0.2, 0) is 9.05 Å². The number of halogens is 1. The van der Waals surface area contributed by atoms with E-state index in [0.29, 0.717) is 11.6 Å². The van der Waals surface area contributed by atoms with Crippen LogP contribution in [0.25, 0.3) is 0 Å². The lowest BCUT2D eigenvalue weighted by Gasteiger charge is -2.17. The van der Waals surface area contributed by atoms with Crippen LogP contribution < -0.4 is 11.1 Å². The predicted octanol–water partition coefficient (Wildman–Crippen LogP) is 2.01. The number of hydrogen-bond acceptors (Lipinski definition) is 4. The molecule has 0 aromatic heterocycles. The molecule has 0 amide bonds. The molecule has 108 valence electrons. The highest BCUT2D eigenvalue weighted by atomic mass is 35.7. The molecular formula is C13H21ClN2O2S. The largest absolute Gasteiger partial charge is 0.327 e. The quantitative estimate of drug-likeness (QED) is 0.820. The van der Waals surface area contributed by atoms with Gasteiger partial charge in [0, 0.05) is 23.3 Å². The Morgan fingerprint density at radius 2 is 2.00 bits per heavy atom. The van der Waals surface area contributed by atoms with Crippen LogP contribution in [0.15, 0.2) is 30.3 Å². The molecule has 1 aliphatic rings. The first-order valence-electron chi connectivity index (χ1n) is 6.36. The highest BCUT2D eigenvalue weighted by Gasteiger charge is 2.18. The minimum atomic E-state index is -3.48. The Labute approximate surface area is 119 Å². The molecule has 1 aromatic carbocycles. The predicted molar refractivity (Wildman–Crippen MR) is 79.7 cm³/mol. The van der Waals surface area contributed by atoms with Crippen molar-refractivity contribution in [3.8, 4) is 0 Å². The summed E-state index contributed by atoms with van der Waals surface area (Å²) in [4.78, 5) is 0. The number of benzene rings is 1. The molecule has 1 saturated heterocycles. The van der Waals surface area contributed by atoms with Crippen molar-refractivity contribution in [1.29, 1.82) is 0 Å². The average Bonchev–Trinajstić information content (AvgIpc) is 2.39. The average molecular weight is 305 g/mol. The Morgan fingerprint density at radius 1 is 1.37 bits per heavy atom. The van der Waals surface area contributed by atoms with Crippen LogP contribution in [0.2, 0.25) is 0 Å². The number of nitrogens with two attached hydrogens (primary N) is 1. The molecule has 1 aliphatic heterocycles. The van der Waals surface area contributed by atoms with Crippen molar-refractivity contribution in [2.45, 2.75) is 31.1 Å². The summed E-state index contributed by atoms with van der Waals surface area (Å²) in [6, 6.07) is 9.31. The first-order chi connectivity index (χ1) is 8.91. The zero-order chi connectivity index (χ0) is 14.3. The van der Waals surface area contributed by atoms with Gasteiger partial charge in [-0.2, -0.15) is 0 Å². The van der Waals surface area contributed by atoms with Gasteiger partial charge in [-0.25, -0.2) is 8.42 Å². The van der Waals surface area contributed by atoms with Gasteiger partial charge in [0.1, 0.15) is 0 Å². The van der Waals surface area contributed by atoms with Crippen molar-refractivity contribution in [3.63, 3.8) is 0 Å². The summed E-state index contributed by atoms with van der Waals surface area (Å²) in [5.74, 6) is 0. The summed E-state index contributed by atoms with van der Waals surface area (Å²) < 4.78 is 21.8. The molecule has 19 heavy (non-hydrogen) atoms. The van der Waals surface area contributed by atoms with E-state index in [0.717, 1.165) is 13.1 Å². The normalized spacial score (nSPS) is 21.1. The second-order valence-electron chi connectivity index (χ2n) is 4.63. The molecule has 4 nitrogen and oxygen atoms in total. The summed E-state index contributed by atoms with van der Waals surface area (Å²) in [6.07, 6.45) is 2.45. The van der Waals surface area contributed by atoms with Gasteiger partial charge in [-0.3, -0.25) is 0 Å². The van der Waals surface area contributed by atoms with Gasteiger partial charge in [0.2, 0.25) is 9.05 Å². The van der Waals surface area contributed by atoms with Crippen LogP contribution in [0.1, 0.15) is 30.6 Å². The van der Waals surface area contributed by atoms with E-state index in [9.17, 15) is 8.42 Å². The molecule has 0 spiro atoms. The molecule has 3 N–H and O–H groups in total. The van der Waals surface area contributed by atoms with Gasteiger partial charge in [0.15, 0.2) is 0 Å². The maximum atomic E-state index is 10.9. The minimum absolute atomic E-state index is 0.425. The van der Waals surface area contributed by atoms with E-state index in [2.05, 4.69) is 5.32 Å². The smallest absolute Gasteiger partial charge is 0.239 e. The van der Waals surface area contributed by atoms with E-state index in [1.807, 2.05) is 6.07 Å². The maximum Gasteiger partial charge on any atom is 0.239 e. The van der Waals surface area contributed by atoms with E-state index < -0.39 is 14.3 Å². The molecule has 6 heteroatoms. The zero-order valence-electron chi connectivity index (χ0n) is 11.0. The van der Waals surface area contributed by atoms with Crippen molar-refractivity contribution in [2.24, 2.45) is 5.73 Å². The van der Waals surface area contributed by atoms with Crippen LogP contribution in [0, 0.1) is 0 Å². The Kier molecular flexibility index (Phi) is 6.79. The Balaban J connectivity index is 0.000000218. The molecule has 1 fully saturated rings. The number of nitrogens with one attached hydrogen (secondary N) is 1. The number of hydrogen-bond donors (Lipinski definition) is 2. The van der Waals surface area contributed by atoms with Crippen molar-refractivity contribution < 1.29 is 8.42 Å². The second-order valence-corrected chi connectivity index (χ2v) is 7.58. The van der Waals surface area contributed by atoms with Crippen molar-refractivity contribution in [1.82, 2.24) is 5.32 Å². The first kappa shape index (κ1) is 16.4. The highest BCUT2D eigenvalue weighted by Crippen LogP contribution is 2.24. The van der Waals surface area contributed by atoms with Crippen LogP contribution in [-0.4, -0.2) is 27.5 Å². The minimum Gasteiger partial charge on any atom is -0.327 e. The lowest BCUT2D eigenvalue weighted by Crippen LogP contribution is -2.39. The van der Waals surface area contributed by atoms with Gasteiger partial charge in [0.25, 0.3) is 0 Å². The molecule has 0 saturated carbocycles. The summed E-state index contributed by atoms with van der Waals surface area (Å²) in [7, 11) is 1.71. The summed E-state index contributed by atoms with van der Waals surface area (Å²) in [5, 5.41) is 2.57. The van der Waals surface area contributed by atoms with Gasteiger partial charge >= 0.3 is 0 Å². The fraction of sp³-hybridized carbons (Fsp3) is 0.538. The third kappa shape index (κ3) is 6.38. The molecule has 1 aromatic rings. The van der Waals surface area contributed by atoms with Crippen molar-refractivity contribution >= 4 is 19.7 Å². The number of piperidine rings is 1. The van der Waals surface area contributed by atoms with Crippen LogP contribution in [0.3, 0.4) is 0 Å². The first-order valence-corrected chi connectivity index (χ1v) is 8.73. The Morgan fingerprint density at radius 3 is 2.37 bits per heavy atom. The molecule has 0 radical (unpaired) electrons. The summed E-state index contributed by atoms with van der Waals surface area (Å²) in [5.41, 5.74) is 6.29. The van der Waals surface area contributed by atoms with Gasteiger partial charge in [-0.15, -0.1) is 0 Å². The van der Waals surface area contributed by atoms with Gasteiger partial charge in [0.05, 0.1) is 5.25 Å². The van der Waals surface area contributed by atoms with E-state index in [1.165, 1.54) is 12.8 Å². The molecule has 2 atom stereocenters. The topological polar surface area (TPSA) is 72.2 Å². The molecule has 0 aliphatic carbocycles. The Hall–Kier alpha value is -0.620. The third-order valence-electron chi connectivity index (χ3n) is 3.03. The van der Waals surface area contributed by atoms with E-state index in [-0.39, 0.29) is 0 Å². The van der Waals surface area contributed by atoms with Gasteiger partial charge < -0.3 is 11.1 Å². The monoisotopic (exact) mass is 304 g/mol. The highest BCUT2D eigenvalue weighted by molar-refractivity contribution is 8.13. The summed E-state index contributed by atoms with van der Waals surface area (Å²) in [6.45, 7) is 3.74. The van der Waals surface area contributed by atoms with Crippen LogP contribution in [0.4, 0.5) is 0 Å². The second kappa shape index (κ2) is 7.85. The van der Waals surface area contributed by atoms with E-state index in [1.54, 1.807) is 31.2 Å². The third-order valence-corrected chi connectivity index (χ3v) is 4.94. The summed E-state index contributed by atoms with van der Waals surface area (Å²) >= 11 is 0. The fourth-order valence-electron chi connectivity index (χ4n) is 1.77. The van der Waals surface area contributed by atoms with Crippen molar-refractivity contribution in [2.75, 3.05) is 13.1 Å². The maximum absolute atomic E-state index is 10.9. The lowest BCUT2D eigenvalue weighted by molar-refractivity contribution is 0.459. The molecule has 1 heterocycles.